The molecule has 0 spiro atoms. The predicted octanol–water partition coefficient (Wildman–Crippen LogP) is 3.54. The first-order chi connectivity index (χ1) is 8.56. The van der Waals surface area contributed by atoms with Crippen molar-refractivity contribution in [3.05, 3.63) is 53.2 Å². The van der Waals surface area contributed by atoms with Crippen molar-refractivity contribution >= 4 is 0 Å². The number of aliphatic hydroxyl groups excluding tert-OH is 1. The predicted molar refractivity (Wildman–Crippen MR) is 70.9 cm³/mol. The molecule has 1 heterocycles. The van der Waals surface area contributed by atoms with Crippen LogP contribution in [0.3, 0.4) is 0 Å². The second-order valence-corrected chi connectivity index (χ2v) is 4.45. The second-order valence-electron chi connectivity index (χ2n) is 4.45. The van der Waals surface area contributed by atoms with E-state index in [0.717, 1.165) is 11.3 Å². The molecule has 94 valence electrons. The topological polar surface area (TPSA) is 42.4 Å². The summed E-state index contributed by atoms with van der Waals surface area (Å²) in [5.74, 6) is 1.25. The molecule has 0 bridgehead atoms. The molecule has 18 heavy (non-hydrogen) atoms. The van der Waals surface area contributed by atoms with Gasteiger partial charge < -0.3 is 9.84 Å². The number of rotatable bonds is 3. The van der Waals surface area contributed by atoms with Crippen molar-refractivity contribution < 1.29 is 9.84 Å². The molecule has 0 aliphatic rings. The maximum atomic E-state index is 9.51. The fourth-order valence-corrected chi connectivity index (χ4v) is 1.64. The summed E-state index contributed by atoms with van der Waals surface area (Å²) >= 11 is 0. The summed E-state index contributed by atoms with van der Waals surface area (Å²) < 4.78 is 5.68. The van der Waals surface area contributed by atoms with Crippen LogP contribution in [0.2, 0.25) is 0 Å². The monoisotopic (exact) mass is 243 g/mol. The van der Waals surface area contributed by atoms with Crippen molar-refractivity contribution in [2.45, 2.75) is 26.9 Å². The van der Waals surface area contributed by atoms with Gasteiger partial charge in [0.2, 0.25) is 5.88 Å². The largest absolute Gasteiger partial charge is 0.439 e. The highest BCUT2D eigenvalue weighted by atomic mass is 16.5. The Kier molecular flexibility index (Phi) is 3.63. The van der Waals surface area contributed by atoms with Crippen LogP contribution in [0.1, 0.15) is 29.7 Å². The molecule has 0 saturated heterocycles. The summed E-state index contributed by atoms with van der Waals surface area (Å²) in [5.41, 5.74) is 3.20. The first-order valence-electron chi connectivity index (χ1n) is 5.95. The molecule has 3 heteroatoms. The molecular weight excluding hydrogens is 226 g/mol. The van der Waals surface area contributed by atoms with Crippen LogP contribution in [0.25, 0.3) is 0 Å². The molecule has 0 unspecified atom stereocenters. The summed E-state index contributed by atoms with van der Waals surface area (Å²) in [6, 6.07) is 9.44. The van der Waals surface area contributed by atoms with Gasteiger partial charge in [0.05, 0.1) is 6.10 Å². The third-order valence-electron chi connectivity index (χ3n) is 2.94. The maximum Gasteiger partial charge on any atom is 0.219 e. The summed E-state index contributed by atoms with van der Waals surface area (Å²) in [6.07, 6.45) is 1.12. The van der Waals surface area contributed by atoms with Crippen molar-refractivity contribution in [1.82, 2.24) is 4.98 Å². The summed E-state index contributed by atoms with van der Waals surface area (Å²) in [6.45, 7) is 5.82. The zero-order valence-corrected chi connectivity index (χ0v) is 10.8. The van der Waals surface area contributed by atoms with Gasteiger partial charge in [-0.3, -0.25) is 0 Å². The number of hydrogen-bond donors (Lipinski definition) is 1. The quantitative estimate of drug-likeness (QED) is 0.896. The van der Waals surface area contributed by atoms with Crippen LogP contribution < -0.4 is 4.74 Å². The van der Waals surface area contributed by atoms with Gasteiger partial charge in [0, 0.05) is 12.3 Å². The Labute approximate surface area is 107 Å². The second kappa shape index (κ2) is 5.19. The molecule has 0 radical (unpaired) electrons. The first-order valence-corrected chi connectivity index (χ1v) is 5.95. The van der Waals surface area contributed by atoms with Gasteiger partial charge in [0.1, 0.15) is 5.75 Å². The van der Waals surface area contributed by atoms with Gasteiger partial charge in [0.15, 0.2) is 0 Å². The van der Waals surface area contributed by atoms with E-state index in [1.807, 2.05) is 25.1 Å². The van der Waals surface area contributed by atoms with Crippen LogP contribution in [-0.2, 0) is 0 Å². The van der Waals surface area contributed by atoms with E-state index in [2.05, 4.69) is 11.9 Å². The summed E-state index contributed by atoms with van der Waals surface area (Å²) in [7, 11) is 0. The molecule has 0 saturated carbocycles. The van der Waals surface area contributed by atoms with Gasteiger partial charge in [-0.1, -0.05) is 6.07 Å². The lowest BCUT2D eigenvalue weighted by molar-refractivity contribution is 0.198. The van der Waals surface area contributed by atoms with Gasteiger partial charge in [-0.25, -0.2) is 4.98 Å². The van der Waals surface area contributed by atoms with Crippen LogP contribution in [-0.4, -0.2) is 10.1 Å². The normalized spacial score (nSPS) is 12.2. The zero-order valence-electron chi connectivity index (χ0n) is 10.8. The molecular formula is C15H17NO2. The SMILES string of the molecule is Cc1ccc(Oc2cc([C@@H](C)O)ccn2)cc1C. The third-order valence-corrected chi connectivity index (χ3v) is 2.94. The lowest BCUT2D eigenvalue weighted by atomic mass is 10.1. The van der Waals surface area contributed by atoms with E-state index in [-0.39, 0.29) is 0 Å². The van der Waals surface area contributed by atoms with Crippen molar-refractivity contribution in [1.29, 1.82) is 0 Å². The van der Waals surface area contributed by atoms with E-state index >= 15 is 0 Å². The van der Waals surface area contributed by atoms with E-state index in [1.54, 1.807) is 25.3 Å². The standard InChI is InChI=1S/C15H17NO2/c1-10-4-5-14(8-11(10)2)18-15-9-13(12(3)17)6-7-16-15/h4-9,12,17H,1-3H3/t12-/m1/s1. The van der Waals surface area contributed by atoms with Crippen LogP contribution >= 0.6 is 0 Å². The van der Waals surface area contributed by atoms with Gasteiger partial charge >= 0.3 is 0 Å². The molecule has 1 atom stereocenters. The lowest BCUT2D eigenvalue weighted by Crippen LogP contribution is -1.94. The van der Waals surface area contributed by atoms with Crippen LogP contribution in [0, 0.1) is 13.8 Å². The maximum absolute atomic E-state index is 9.51. The Morgan fingerprint density at radius 3 is 2.56 bits per heavy atom. The van der Waals surface area contributed by atoms with E-state index in [9.17, 15) is 5.11 Å². The minimum atomic E-state index is -0.518. The molecule has 2 rings (SSSR count). The highest BCUT2D eigenvalue weighted by Gasteiger charge is 2.05. The molecule has 0 amide bonds. The van der Waals surface area contributed by atoms with Crippen LogP contribution in [0.5, 0.6) is 11.6 Å². The number of aryl methyl sites for hydroxylation is 2. The van der Waals surface area contributed by atoms with E-state index in [1.165, 1.54) is 11.1 Å². The van der Waals surface area contributed by atoms with Crippen molar-refractivity contribution in [2.24, 2.45) is 0 Å². The summed E-state index contributed by atoms with van der Waals surface area (Å²) in [4.78, 5) is 4.14. The number of hydrogen-bond acceptors (Lipinski definition) is 3. The molecule has 1 aromatic heterocycles. The van der Waals surface area contributed by atoms with Crippen molar-refractivity contribution in [2.75, 3.05) is 0 Å². The Hall–Kier alpha value is -1.87. The minimum absolute atomic E-state index is 0.497. The number of nitrogens with zero attached hydrogens (tertiary/aromatic N) is 1. The first kappa shape index (κ1) is 12.6. The fourth-order valence-electron chi connectivity index (χ4n) is 1.64. The number of aromatic nitrogens is 1. The fraction of sp³-hybridized carbons (Fsp3) is 0.267. The molecule has 0 aliphatic carbocycles. The number of ether oxygens (including phenoxy) is 1. The molecule has 3 nitrogen and oxygen atoms in total. The Morgan fingerprint density at radius 1 is 1.11 bits per heavy atom. The molecule has 0 aliphatic heterocycles. The Bertz CT molecular complexity index is 550. The van der Waals surface area contributed by atoms with Gasteiger partial charge in [-0.05, 0) is 55.7 Å². The van der Waals surface area contributed by atoms with Gasteiger partial charge in [0.25, 0.3) is 0 Å². The molecule has 1 aromatic carbocycles. The van der Waals surface area contributed by atoms with E-state index < -0.39 is 6.10 Å². The smallest absolute Gasteiger partial charge is 0.219 e. The number of aliphatic hydroxyl groups is 1. The van der Waals surface area contributed by atoms with Crippen LogP contribution in [0.4, 0.5) is 0 Å². The molecule has 2 aromatic rings. The Balaban J connectivity index is 2.23. The number of benzene rings is 1. The zero-order chi connectivity index (χ0) is 13.1. The van der Waals surface area contributed by atoms with Gasteiger partial charge in [-0.2, -0.15) is 0 Å². The highest BCUT2D eigenvalue weighted by molar-refractivity contribution is 5.36. The lowest BCUT2D eigenvalue weighted by Gasteiger charge is -2.09. The molecule has 0 fully saturated rings. The number of pyridine rings is 1. The van der Waals surface area contributed by atoms with Crippen LogP contribution in [0.15, 0.2) is 36.5 Å². The van der Waals surface area contributed by atoms with Crippen molar-refractivity contribution in [3.63, 3.8) is 0 Å². The van der Waals surface area contributed by atoms with E-state index in [4.69, 9.17) is 4.74 Å². The van der Waals surface area contributed by atoms with Crippen molar-refractivity contribution in [3.8, 4) is 11.6 Å². The highest BCUT2D eigenvalue weighted by Crippen LogP contribution is 2.24. The average Bonchev–Trinajstić information content (AvgIpc) is 2.34. The van der Waals surface area contributed by atoms with E-state index in [0.29, 0.717) is 5.88 Å². The summed E-state index contributed by atoms with van der Waals surface area (Å²) in [5, 5.41) is 9.51. The Morgan fingerprint density at radius 2 is 1.89 bits per heavy atom. The van der Waals surface area contributed by atoms with Gasteiger partial charge in [-0.15, -0.1) is 0 Å². The third kappa shape index (κ3) is 2.87. The molecule has 1 N–H and O–H groups in total. The minimum Gasteiger partial charge on any atom is -0.439 e. The average molecular weight is 243 g/mol.